The summed E-state index contributed by atoms with van der Waals surface area (Å²) in [7, 11) is 0. The second-order valence-corrected chi connectivity index (χ2v) is 9.27. The van der Waals surface area contributed by atoms with Gasteiger partial charge < -0.3 is 5.32 Å². The van der Waals surface area contributed by atoms with Gasteiger partial charge in [-0.2, -0.15) is 0 Å². The third-order valence-corrected chi connectivity index (χ3v) is 7.27. The average Bonchev–Trinajstić information content (AvgIpc) is 3.23. The van der Waals surface area contributed by atoms with Crippen LogP contribution in [0.3, 0.4) is 0 Å². The molecule has 33 heavy (non-hydrogen) atoms. The summed E-state index contributed by atoms with van der Waals surface area (Å²) < 4.78 is 0. The first kappa shape index (κ1) is 20.0. The van der Waals surface area contributed by atoms with Crippen molar-refractivity contribution in [1.82, 2.24) is 4.90 Å². The number of amidine groups is 1. The van der Waals surface area contributed by atoms with Crippen molar-refractivity contribution < 1.29 is 9.59 Å². The smallest absolute Gasteiger partial charge is 0.255 e. The van der Waals surface area contributed by atoms with Crippen LogP contribution in [0.1, 0.15) is 39.5 Å². The molecule has 0 spiro atoms. The van der Waals surface area contributed by atoms with Gasteiger partial charge in [0.25, 0.3) is 5.91 Å². The highest BCUT2D eigenvalue weighted by Gasteiger charge is 2.42. The van der Waals surface area contributed by atoms with Crippen LogP contribution in [0.5, 0.6) is 0 Å². The highest BCUT2D eigenvalue weighted by molar-refractivity contribution is 8.15. The van der Waals surface area contributed by atoms with E-state index in [1.165, 1.54) is 22.9 Å². The number of benzene rings is 3. The van der Waals surface area contributed by atoms with Crippen molar-refractivity contribution in [2.24, 2.45) is 4.99 Å². The largest absolute Gasteiger partial charge is 0.322 e. The fraction of sp³-hybridized carbons (Fsp3) is 0.148. The van der Waals surface area contributed by atoms with Gasteiger partial charge in [0.2, 0.25) is 5.91 Å². The molecule has 6 heteroatoms. The van der Waals surface area contributed by atoms with E-state index < -0.39 is 0 Å². The molecule has 6 rings (SSSR count). The molecule has 1 unspecified atom stereocenters. The van der Waals surface area contributed by atoms with E-state index in [4.69, 9.17) is 4.99 Å². The normalized spacial score (nSPS) is 18.9. The van der Waals surface area contributed by atoms with Crippen LogP contribution < -0.4 is 5.32 Å². The number of anilines is 1. The number of amides is 2. The maximum Gasteiger partial charge on any atom is 0.255 e. The molecule has 3 aromatic carbocycles. The summed E-state index contributed by atoms with van der Waals surface area (Å²) in [6.45, 7) is 0. The van der Waals surface area contributed by atoms with Crippen molar-refractivity contribution >= 4 is 40.1 Å². The molecule has 0 aromatic heterocycles. The predicted molar refractivity (Wildman–Crippen MR) is 132 cm³/mol. The summed E-state index contributed by atoms with van der Waals surface area (Å²) in [5, 5.41) is 3.79. The number of carbonyl (C=O) groups excluding carboxylic acids is 2. The van der Waals surface area contributed by atoms with E-state index in [1.54, 1.807) is 12.1 Å². The second kappa shape index (κ2) is 8.05. The van der Waals surface area contributed by atoms with Gasteiger partial charge in [-0.15, -0.1) is 0 Å². The predicted octanol–water partition coefficient (Wildman–Crippen LogP) is 5.28. The number of rotatable bonds is 3. The highest BCUT2D eigenvalue weighted by Crippen LogP contribution is 2.47. The molecule has 0 bridgehead atoms. The Hall–Kier alpha value is -3.64. The maximum absolute atomic E-state index is 12.7. The van der Waals surface area contributed by atoms with Crippen LogP contribution in [0.4, 0.5) is 5.69 Å². The minimum atomic E-state index is -0.121. The zero-order valence-corrected chi connectivity index (χ0v) is 18.6. The Bertz CT molecular complexity index is 1330. The Morgan fingerprint density at radius 2 is 1.73 bits per heavy atom. The molecular formula is C27H21N3O2S. The lowest BCUT2D eigenvalue weighted by Crippen LogP contribution is -2.38. The molecule has 1 fully saturated rings. The molecule has 3 aromatic rings. The third-order valence-electron chi connectivity index (χ3n) is 6.33. The van der Waals surface area contributed by atoms with Gasteiger partial charge in [0, 0.05) is 16.8 Å². The Morgan fingerprint density at radius 1 is 0.970 bits per heavy atom. The molecule has 1 aliphatic carbocycles. The van der Waals surface area contributed by atoms with Gasteiger partial charge in [0.1, 0.15) is 0 Å². The summed E-state index contributed by atoms with van der Waals surface area (Å²) in [4.78, 5) is 32.1. The zero-order chi connectivity index (χ0) is 22.4. The number of hydrogen-bond acceptors (Lipinski definition) is 4. The monoisotopic (exact) mass is 451 g/mol. The van der Waals surface area contributed by atoms with Gasteiger partial charge in [0.05, 0.1) is 17.5 Å². The molecule has 3 aliphatic rings. The summed E-state index contributed by atoms with van der Waals surface area (Å²) in [5.41, 5.74) is 6.94. The number of aryl methyl sites for hydroxylation is 1. The Kier molecular flexibility index (Phi) is 4.88. The fourth-order valence-electron chi connectivity index (χ4n) is 4.81. The number of aliphatic imine (C=N–C) groups is 1. The summed E-state index contributed by atoms with van der Waals surface area (Å²) in [6.07, 6.45) is 1.66. The van der Waals surface area contributed by atoms with Gasteiger partial charge in [-0.05, 0) is 53.8 Å². The van der Waals surface area contributed by atoms with Crippen molar-refractivity contribution in [3.05, 3.63) is 107 Å². The van der Waals surface area contributed by atoms with Crippen molar-refractivity contribution in [2.75, 3.05) is 11.1 Å². The summed E-state index contributed by atoms with van der Waals surface area (Å²) in [5.74, 6) is 0.425. The van der Waals surface area contributed by atoms with Gasteiger partial charge >= 0.3 is 0 Å². The van der Waals surface area contributed by atoms with E-state index in [9.17, 15) is 9.59 Å². The highest BCUT2D eigenvalue weighted by atomic mass is 32.2. The van der Waals surface area contributed by atoms with Crippen molar-refractivity contribution in [3.63, 3.8) is 0 Å². The standard InChI is InChI=1S/C27H21N3O2S/c31-23-16-33-27-29-24-21-14-12-20(28-26(32)18-9-5-2-6-10-18)15-19(21)11-13-22(24)25(30(23)27)17-7-3-1-4-8-17/h1-10,12,14-15,25H,11,13,16H2,(H,28,32). The van der Waals surface area contributed by atoms with Gasteiger partial charge in [-0.1, -0.05) is 66.4 Å². The van der Waals surface area contributed by atoms with E-state index in [1.807, 2.05) is 53.4 Å². The lowest BCUT2D eigenvalue weighted by molar-refractivity contribution is -0.125. The van der Waals surface area contributed by atoms with E-state index >= 15 is 0 Å². The van der Waals surface area contributed by atoms with Gasteiger partial charge in [-0.3, -0.25) is 14.5 Å². The van der Waals surface area contributed by atoms with Crippen LogP contribution in [-0.4, -0.2) is 27.6 Å². The summed E-state index contributed by atoms with van der Waals surface area (Å²) >= 11 is 1.51. The molecule has 0 saturated carbocycles. The van der Waals surface area contributed by atoms with Crippen LogP contribution in [0.2, 0.25) is 0 Å². The maximum atomic E-state index is 12.7. The van der Waals surface area contributed by atoms with E-state index in [0.29, 0.717) is 11.3 Å². The minimum Gasteiger partial charge on any atom is -0.322 e. The van der Waals surface area contributed by atoms with Crippen LogP contribution in [0, 0.1) is 0 Å². The zero-order valence-electron chi connectivity index (χ0n) is 17.8. The first-order valence-electron chi connectivity index (χ1n) is 11.0. The van der Waals surface area contributed by atoms with Gasteiger partial charge in [0.15, 0.2) is 5.17 Å². The van der Waals surface area contributed by atoms with Crippen molar-refractivity contribution in [2.45, 2.75) is 18.9 Å². The van der Waals surface area contributed by atoms with Gasteiger partial charge in [-0.25, -0.2) is 4.99 Å². The van der Waals surface area contributed by atoms with Crippen LogP contribution in [-0.2, 0) is 11.2 Å². The van der Waals surface area contributed by atoms with E-state index in [0.717, 1.165) is 40.5 Å². The molecule has 2 heterocycles. The Balaban J connectivity index is 1.38. The second-order valence-electron chi connectivity index (χ2n) is 8.33. The SMILES string of the molecule is O=C(Nc1ccc2c(c1)CCC1=C2N=C2SCC(=O)N2C1c1ccccc1)c1ccccc1. The summed E-state index contributed by atoms with van der Waals surface area (Å²) in [6, 6.07) is 25.4. The average molecular weight is 452 g/mol. The molecule has 1 N–H and O–H groups in total. The first-order valence-corrected chi connectivity index (χ1v) is 12.0. The number of thioether (sulfide) groups is 1. The number of carbonyl (C=O) groups is 2. The molecule has 162 valence electrons. The molecule has 1 atom stereocenters. The first-order chi connectivity index (χ1) is 16.2. The van der Waals surface area contributed by atoms with E-state index in [-0.39, 0.29) is 17.9 Å². The lowest BCUT2D eigenvalue weighted by Gasteiger charge is -2.37. The fourth-order valence-corrected chi connectivity index (χ4v) is 5.70. The molecular weight excluding hydrogens is 430 g/mol. The number of nitrogens with zero attached hydrogens (tertiary/aromatic N) is 2. The van der Waals surface area contributed by atoms with Crippen LogP contribution in [0.15, 0.2) is 89.4 Å². The Labute approximate surface area is 196 Å². The number of nitrogens with one attached hydrogen (secondary N) is 1. The molecule has 5 nitrogen and oxygen atoms in total. The molecule has 2 aliphatic heterocycles. The number of hydrogen-bond donors (Lipinski definition) is 1. The third kappa shape index (κ3) is 3.47. The quantitative estimate of drug-likeness (QED) is 0.589. The molecule has 2 amide bonds. The molecule has 1 saturated heterocycles. The topological polar surface area (TPSA) is 61.8 Å². The lowest BCUT2D eigenvalue weighted by atomic mass is 9.82. The van der Waals surface area contributed by atoms with Crippen LogP contribution >= 0.6 is 11.8 Å². The van der Waals surface area contributed by atoms with Crippen molar-refractivity contribution in [3.8, 4) is 0 Å². The van der Waals surface area contributed by atoms with Crippen LogP contribution in [0.25, 0.3) is 5.70 Å². The molecule has 0 radical (unpaired) electrons. The Morgan fingerprint density at radius 3 is 2.52 bits per heavy atom. The number of fused-ring (bicyclic) bond motifs is 3. The van der Waals surface area contributed by atoms with Crippen molar-refractivity contribution in [1.29, 1.82) is 0 Å². The minimum absolute atomic E-state index is 0.109. The van der Waals surface area contributed by atoms with E-state index in [2.05, 4.69) is 23.5 Å².